The summed E-state index contributed by atoms with van der Waals surface area (Å²) in [6, 6.07) is 6.73. The number of piperidine rings is 1. The zero-order valence-electron chi connectivity index (χ0n) is 11.3. The highest BCUT2D eigenvalue weighted by Crippen LogP contribution is 2.22. The van der Waals surface area contributed by atoms with Crippen LogP contribution >= 0.6 is 0 Å². The molecule has 4 heteroatoms. The van der Waals surface area contributed by atoms with Crippen LogP contribution in [0.5, 0.6) is 0 Å². The van der Waals surface area contributed by atoms with E-state index < -0.39 is 0 Å². The summed E-state index contributed by atoms with van der Waals surface area (Å²) >= 11 is 0. The number of rotatable bonds is 3. The number of nitriles is 1. The molecular weight excluding hydrogens is 241 g/mol. The van der Waals surface area contributed by atoms with E-state index in [0.717, 1.165) is 31.5 Å². The molecule has 1 heterocycles. The maximum Gasteiger partial charge on any atom is 0.123 e. The van der Waals surface area contributed by atoms with Gasteiger partial charge in [-0.1, -0.05) is 0 Å². The van der Waals surface area contributed by atoms with Gasteiger partial charge in [0.1, 0.15) is 5.82 Å². The normalized spacial score (nSPS) is 19.1. The molecule has 1 saturated heterocycles. The average Bonchev–Trinajstić information content (AvgIpc) is 2.39. The lowest BCUT2D eigenvalue weighted by atomic mass is 9.90. The van der Waals surface area contributed by atoms with E-state index in [4.69, 9.17) is 11.0 Å². The number of benzene rings is 1. The first-order valence-corrected chi connectivity index (χ1v) is 6.76. The third-order valence-electron chi connectivity index (χ3n) is 3.96. The lowest BCUT2D eigenvalue weighted by Crippen LogP contribution is -2.39. The van der Waals surface area contributed by atoms with Crippen LogP contribution < -0.4 is 5.73 Å². The molecule has 0 bridgehead atoms. The van der Waals surface area contributed by atoms with E-state index in [1.54, 1.807) is 6.07 Å². The van der Waals surface area contributed by atoms with E-state index in [1.807, 2.05) is 0 Å². The summed E-state index contributed by atoms with van der Waals surface area (Å²) in [5.41, 5.74) is 7.26. The van der Waals surface area contributed by atoms with Crippen molar-refractivity contribution in [2.75, 3.05) is 13.1 Å². The second-order valence-electron chi connectivity index (χ2n) is 5.39. The van der Waals surface area contributed by atoms with Crippen LogP contribution in [0.1, 0.15) is 30.9 Å². The van der Waals surface area contributed by atoms with E-state index in [1.165, 1.54) is 12.1 Å². The zero-order valence-corrected chi connectivity index (χ0v) is 11.3. The Morgan fingerprint density at radius 3 is 2.74 bits per heavy atom. The monoisotopic (exact) mass is 261 g/mol. The van der Waals surface area contributed by atoms with E-state index in [2.05, 4.69) is 17.9 Å². The van der Waals surface area contributed by atoms with Crippen LogP contribution in [-0.4, -0.2) is 24.0 Å². The molecule has 1 aromatic rings. The quantitative estimate of drug-likeness (QED) is 0.908. The standard InChI is InChI=1S/C15H20FN3/c1-11(18)12-4-6-19(7-5-12)10-14-8-15(16)3-2-13(14)9-17/h2-3,8,11-12H,4-7,10,18H2,1H3. The first-order valence-electron chi connectivity index (χ1n) is 6.76. The zero-order chi connectivity index (χ0) is 13.8. The maximum atomic E-state index is 13.3. The molecule has 0 aromatic heterocycles. The molecular formula is C15H20FN3. The second kappa shape index (κ2) is 6.14. The molecule has 1 aromatic carbocycles. The molecule has 0 saturated carbocycles. The van der Waals surface area contributed by atoms with Crippen LogP contribution in [0.3, 0.4) is 0 Å². The predicted molar refractivity (Wildman–Crippen MR) is 72.8 cm³/mol. The van der Waals surface area contributed by atoms with Crippen LogP contribution in [0, 0.1) is 23.1 Å². The van der Waals surface area contributed by atoms with Crippen LogP contribution in [0.2, 0.25) is 0 Å². The fourth-order valence-electron chi connectivity index (χ4n) is 2.68. The number of hydrogen-bond donors (Lipinski definition) is 1. The molecule has 0 amide bonds. The Hall–Kier alpha value is -1.44. The van der Waals surface area contributed by atoms with E-state index in [0.29, 0.717) is 18.0 Å². The van der Waals surface area contributed by atoms with Crippen molar-refractivity contribution in [3.05, 3.63) is 35.1 Å². The van der Waals surface area contributed by atoms with Crippen LogP contribution in [0.15, 0.2) is 18.2 Å². The van der Waals surface area contributed by atoms with Crippen molar-refractivity contribution in [3.8, 4) is 6.07 Å². The summed E-state index contributed by atoms with van der Waals surface area (Å²) in [6.07, 6.45) is 2.16. The molecule has 0 aliphatic carbocycles. The first kappa shape index (κ1) is 14.0. The molecule has 1 aliphatic rings. The van der Waals surface area contributed by atoms with Crippen molar-refractivity contribution in [3.63, 3.8) is 0 Å². The highest BCUT2D eigenvalue weighted by molar-refractivity contribution is 5.37. The molecule has 1 aliphatic heterocycles. The molecule has 2 N–H and O–H groups in total. The summed E-state index contributed by atoms with van der Waals surface area (Å²) in [6.45, 7) is 4.63. The summed E-state index contributed by atoms with van der Waals surface area (Å²) < 4.78 is 13.3. The van der Waals surface area contributed by atoms with Gasteiger partial charge in [-0.2, -0.15) is 5.26 Å². The largest absolute Gasteiger partial charge is 0.328 e. The molecule has 102 valence electrons. The lowest BCUT2D eigenvalue weighted by Gasteiger charge is -2.33. The molecule has 3 nitrogen and oxygen atoms in total. The van der Waals surface area contributed by atoms with Crippen LogP contribution in [-0.2, 0) is 6.54 Å². The van der Waals surface area contributed by atoms with Gasteiger partial charge >= 0.3 is 0 Å². The third kappa shape index (κ3) is 3.52. The number of likely N-dealkylation sites (tertiary alicyclic amines) is 1. The summed E-state index contributed by atoms with van der Waals surface area (Å²) in [4.78, 5) is 2.27. The molecule has 0 radical (unpaired) electrons. The Balaban J connectivity index is 2.00. The van der Waals surface area contributed by atoms with Gasteiger partial charge in [0.15, 0.2) is 0 Å². The van der Waals surface area contributed by atoms with E-state index >= 15 is 0 Å². The average molecular weight is 261 g/mol. The Kier molecular flexibility index (Phi) is 4.52. The van der Waals surface area contributed by atoms with Gasteiger partial charge < -0.3 is 5.73 Å². The molecule has 0 spiro atoms. The van der Waals surface area contributed by atoms with Gasteiger partial charge in [0.05, 0.1) is 11.6 Å². The molecule has 1 unspecified atom stereocenters. The van der Waals surface area contributed by atoms with Gasteiger partial charge in [0, 0.05) is 12.6 Å². The fourth-order valence-corrected chi connectivity index (χ4v) is 2.68. The molecule has 1 fully saturated rings. The highest BCUT2D eigenvalue weighted by Gasteiger charge is 2.22. The number of nitrogens with two attached hydrogens (primary N) is 1. The topological polar surface area (TPSA) is 53.0 Å². The molecule has 2 rings (SSSR count). The first-order chi connectivity index (χ1) is 9.10. The minimum absolute atomic E-state index is 0.242. The molecule has 19 heavy (non-hydrogen) atoms. The Bertz CT molecular complexity index is 471. The summed E-state index contributed by atoms with van der Waals surface area (Å²) in [5, 5.41) is 9.05. The second-order valence-corrected chi connectivity index (χ2v) is 5.39. The Morgan fingerprint density at radius 1 is 1.47 bits per heavy atom. The maximum absolute atomic E-state index is 13.3. The number of hydrogen-bond acceptors (Lipinski definition) is 3. The summed E-state index contributed by atoms with van der Waals surface area (Å²) in [5.74, 6) is 0.304. The van der Waals surface area contributed by atoms with Gasteiger partial charge in [0.25, 0.3) is 0 Å². The lowest BCUT2D eigenvalue weighted by molar-refractivity contribution is 0.165. The smallest absolute Gasteiger partial charge is 0.123 e. The Morgan fingerprint density at radius 2 is 2.16 bits per heavy atom. The molecule has 1 atom stereocenters. The van der Waals surface area contributed by atoms with Gasteiger partial charge in [-0.05, 0) is 62.5 Å². The van der Waals surface area contributed by atoms with Gasteiger partial charge in [-0.15, -0.1) is 0 Å². The van der Waals surface area contributed by atoms with Crippen LogP contribution in [0.4, 0.5) is 4.39 Å². The minimum Gasteiger partial charge on any atom is -0.328 e. The van der Waals surface area contributed by atoms with Gasteiger partial charge in [0.2, 0.25) is 0 Å². The third-order valence-corrected chi connectivity index (χ3v) is 3.96. The van der Waals surface area contributed by atoms with Gasteiger partial charge in [-0.25, -0.2) is 4.39 Å². The SMILES string of the molecule is CC(N)C1CCN(Cc2cc(F)ccc2C#N)CC1. The van der Waals surface area contributed by atoms with E-state index in [9.17, 15) is 4.39 Å². The predicted octanol–water partition coefficient (Wildman–Crippen LogP) is 2.26. The van der Waals surface area contributed by atoms with Crippen molar-refractivity contribution >= 4 is 0 Å². The number of halogens is 1. The highest BCUT2D eigenvalue weighted by atomic mass is 19.1. The van der Waals surface area contributed by atoms with Crippen molar-refractivity contribution in [1.82, 2.24) is 4.90 Å². The number of nitrogens with zero attached hydrogens (tertiary/aromatic N) is 2. The van der Waals surface area contributed by atoms with Crippen molar-refractivity contribution in [2.45, 2.75) is 32.4 Å². The minimum atomic E-state index is -0.278. The van der Waals surface area contributed by atoms with Crippen LogP contribution in [0.25, 0.3) is 0 Å². The van der Waals surface area contributed by atoms with Crippen molar-refractivity contribution < 1.29 is 4.39 Å². The van der Waals surface area contributed by atoms with E-state index in [-0.39, 0.29) is 11.9 Å². The van der Waals surface area contributed by atoms with Crippen molar-refractivity contribution in [1.29, 1.82) is 5.26 Å². The fraction of sp³-hybridized carbons (Fsp3) is 0.533. The van der Waals surface area contributed by atoms with Gasteiger partial charge in [-0.3, -0.25) is 4.90 Å². The van der Waals surface area contributed by atoms with Crippen molar-refractivity contribution in [2.24, 2.45) is 11.7 Å². The Labute approximate surface area is 113 Å². The summed E-state index contributed by atoms with van der Waals surface area (Å²) in [7, 11) is 0.